The molecule has 1 saturated carbocycles. The van der Waals surface area contributed by atoms with Gasteiger partial charge in [0.15, 0.2) is 0 Å². The molecule has 0 amide bonds. The van der Waals surface area contributed by atoms with Gasteiger partial charge < -0.3 is 5.73 Å². The van der Waals surface area contributed by atoms with E-state index in [0.717, 1.165) is 29.9 Å². The molecule has 0 spiro atoms. The van der Waals surface area contributed by atoms with E-state index < -0.39 is 0 Å². The third-order valence-corrected chi connectivity index (χ3v) is 6.60. The van der Waals surface area contributed by atoms with Gasteiger partial charge in [0.05, 0.1) is 0 Å². The van der Waals surface area contributed by atoms with Crippen LogP contribution in [0.5, 0.6) is 0 Å². The lowest BCUT2D eigenvalue weighted by molar-refractivity contribution is 0.209. The summed E-state index contributed by atoms with van der Waals surface area (Å²) in [5.41, 5.74) is 10.9. The number of rotatable bonds is 8. The Morgan fingerprint density at radius 2 is 1.30 bits per heavy atom. The summed E-state index contributed by atoms with van der Waals surface area (Å²) in [6.07, 6.45) is 12.2. The Balaban J connectivity index is 1.54. The van der Waals surface area contributed by atoms with Crippen LogP contribution in [0.4, 0.5) is 5.69 Å². The zero-order chi connectivity index (χ0) is 19.1. The lowest BCUT2D eigenvalue weighted by atomic mass is 9.71. The van der Waals surface area contributed by atoms with Gasteiger partial charge in [0.2, 0.25) is 0 Å². The number of benzene rings is 2. The SMILES string of the molecule is CCCC(CCC)C1CCC(c2ccc(Cc3ccc(N)cc3)cc2)CC1. The molecule has 2 aromatic rings. The molecule has 3 rings (SSSR count). The fourth-order valence-electron chi connectivity index (χ4n) is 5.06. The Morgan fingerprint density at radius 1 is 0.778 bits per heavy atom. The van der Waals surface area contributed by atoms with Crippen LogP contribution in [0.25, 0.3) is 0 Å². The summed E-state index contributed by atoms with van der Waals surface area (Å²) in [7, 11) is 0. The molecule has 0 bridgehead atoms. The van der Waals surface area contributed by atoms with Crippen molar-refractivity contribution in [1.82, 2.24) is 0 Å². The molecule has 1 aliphatic rings. The maximum atomic E-state index is 5.78. The Hall–Kier alpha value is -1.76. The molecule has 2 N–H and O–H groups in total. The van der Waals surface area contributed by atoms with Crippen LogP contribution in [0, 0.1) is 11.8 Å². The first-order chi connectivity index (χ1) is 13.2. The summed E-state index contributed by atoms with van der Waals surface area (Å²) < 4.78 is 0. The van der Waals surface area contributed by atoms with Gasteiger partial charge >= 0.3 is 0 Å². The maximum Gasteiger partial charge on any atom is 0.0314 e. The van der Waals surface area contributed by atoms with Crippen LogP contribution in [0.1, 0.15) is 87.8 Å². The number of hydrogen-bond acceptors (Lipinski definition) is 1. The van der Waals surface area contributed by atoms with E-state index in [-0.39, 0.29) is 0 Å². The van der Waals surface area contributed by atoms with Crippen molar-refractivity contribution in [1.29, 1.82) is 0 Å². The van der Waals surface area contributed by atoms with Gasteiger partial charge in [0.25, 0.3) is 0 Å². The van der Waals surface area contributed by atoms with E-state index in [0.29, 0.717) is 0 Å². The molecule has 1 aliphatic carbocycles. The molecular weight excluding hydrogens is 326 g/mol. The van der Waals surface area contributed by atoms with Crippen LogP contribution in [-0.2, 0) is 6.42 Å². The van der Waals surface area contributed by atoms with Gasteiger partial charge in [-0.2, -0.15) is 0 Å². The highest BCUT2D eigenvalue weighted by Gasteiger charge is 2.27. The summed E-state index contributed by atoms with van der Waals surface area (Å²) in [6.45, 7) is 4.69. The molecule has 1 heteroatoms. The number of nitrogens with two attached hydrogens (primary N) is 1. The van der Waals surface area contributed by atoms with E-state index in [2.05, 4.69) is 50.2 Å². The minimum Gasteiger partial charge on any atom is -0.399 e. The van der Waals surface area contributed by atoms with Crippen molar-refractivity contribution < 1.29 is 0 Å². The summed E-state index contributed by atoms with van der Waals surface area (Å²) >= 11 is 0. The van der Waals surface area contributed by atoms with Gasteiger partial charge in [-0.1, -0.05) is 75.9 Å². The third-order valence-electron chi connectivity index (χ3n) is 6.60. The molecule has 1 nitrogen and oxygen atoms in total. The van der Waals surface area contributed by atoms with Gasteiger partial charge in [-0.25, -0.2) is 0 Å². The molecule has 0 atom stereocenters. The van der Waals surface area contributed by atoms with Crippen LogP contribution in [0.3, 0.4) is 0 Å². The molecule has 0 aliphatic heterocycles. The van der Waals surface area contributed by atoms with E-state index >= 15 is 0 Å². The van der Waals surface area contributed by atoms with Crippen molar-refractivity contribution in [3.05, 3.63) is 65.2 Å². The van der Waals surface area contributed by atoms with E-state index in [1.165, 1.54) is 62.5 Å². The van der Waals surface area contributed by atoms with E-state index in [4.69, 9.17) is 5.73 Å². The van der Waals surface area contributed by atoms with Gasteiger partial charge in [0.1, 0.15) is 0 Å². The Labute approximate surface area is 166 Å². The van der Waals surface area contributed by atoms with Crippen molar-refractivity contribution in [2.45, 2.75) is 77.6 Å². The third kappa shape index (κ3) is 5.61. The fourth-order valence-corrected chi connectivity index (χ4v) is 5.06. The van der Waals surface area contributed by atoms with Crippen molar-refractivity contribution in [3.63, 3.8) is 0 Å². The van der Waals surface area contributed by atoms with Crippen LogP contribution in [0.2, 0.25) is 0 Å². The first-order valence-electron chi connectivity index (χ1n) is 11.1. The topological polar surface area (TPSA) is 26.0 Å². The van der Waals surface area contributed by atoms with Gasteiger partial charge in [-0.3, -0.25) is 0 Å². The largest absolute Gasteiger partial charge is 0.399 e. The molecule has 0 saturated heterocycles. The molecular formula is C26H37N. The Kier molecular flexibility index (Phi) is 7.38. The molecule has 2 aromatic carbocycles. The zero-order valence-corrected chi connectivity index (χ0v) is 17.3. The molecule has 0 radical (unpaired) electrons. The van der Waals surface area contributed by atoms with E-state index in [9.17, 15) is 0 Å². The highest BCUT2D eigenvalue weighted by molar-refractivity contribution is 5.40. The highest BCUT2D eigenvalue weighted by Crippen LogP contribution is 2.41. The average Bonchev–Trinajstić information content (AvgIpc) is 2.70. The summed E-state index contributed by atoms with van der Waals surface area (Å²) in [6, 6.07) is 17.7. The minimum atomic E-state index is 0.774. The molecule has 1 fully saturated rings. The van der Waals surface area contributed by atoms with Crippen LogP contribution in [0.15, 0.2) is 48.5 Å². The van der Waals surface area contributed by atoms with Gasteiger partial charge in [-0.05, 0) is 78.7 Å². The Morgan fingerprint density at radius 3 is 1.81 bits per heavy atom. The Bertz CT molecular complexity index is 656. The monoisotopic (exact) mass is 363 g/mol. The average molecular weight is 364 g/mol. The maximum absolute atomic E-state index is 5.78. The van der Waals surface area contributed by atoms with Crippen molar-refractivity contribution >= 4 is 5.69 Å². The lowest BCUT2D eigenvalue weighted by Crippen LogP contribution is -2.21. The zero-order valence-electron chi connectivity index (χ0n) is 17.3. The number of nitrogen functional groups attached to an aromatic ring is 1. The molecule has 0 aromatic heterocycles. The molecule has 146 valence electrons. The van der Waals surface area contributed by atoms with Crippen molar-refractivity contribution in [3.8, 4) is 0 Å². The van der Waals surface area contributed by atoms with E-state index in [1.54, 1.807) is 5.56 Å². The van der Waals surface area contributed by atoms with Crippen molar-refractivity contribution in [2.75, 3.05) is 5.73 Å². The van der Waals surface area contributed by atoms with Crippen LogP contribution >= 0.6 is 0 Å². The van der Waals surface area contributed by atoms with E-state index in [1.807, 2.05) is 12.1 Å². The number of anilines is 1. The normalized spacial score (nSPS) is 20.1. The second kappa shape index (κ2) is 9.97. The standard InChI is InChI=1S/C26H37N/c1-3-5-22(6-4-2)24-13-15-25(16-14-24)23-11-7-20(8-12-23)19-21-9-17-26(27)18-10-21/h7-12,17-18,22,24-25H,3-6,13-16,19,27H2,1-2H3. The predicted octanol–water partition coefficient (Wildman–Crippen LogP) is 7.35. The smallest absolute Gasteiger partial charge is 0.0314 e. The predicted molar refractivity (Wildman–Crippen MR) is 118 cm³/mol. The quantitative estimate of drug-likeness (QED) is 0.487. The number of hydrogen-bond donors (Lipinski definition) is 1. The summed E-state index contributed by atoms with van der Waals surface area (Å²) in [4.78, 5) is 0. The van der Waals surface area contributed by atoms with Crippen molar-refractivity contribution in [2.24, 2.45) is 11.8 Å². The summed E-state index contributed by atoms with van der Waals surface area (Å²) in [5.74, 6) is 2.73. The fraction of sp³-hybridized carbons (Fsp3) is 0.538. The molecule has 0 unspecified atom stereocenters. The second-order valence-corrected chi connectivity index (χ2v) is 8.61. The summed E-state index contributed by atoms with van der Waals surface area (Å²) in [5, 5.41) is 0. The lowest BCUT2D eigenvalue weighted by Gasteiger charge is -2.34. The highest BCUT2D eigenvalue weighted by atomic mass is 14.5. The van der Waals surface area contributed by atoms with Crippen LogP contribution < -0.4 is 5.73 Å². The molecule has 0 heterocycles. The minimum absolute atomic E-state index is 0.774. The van der Waals surface area contributed by atoms with Gasteiger partial charge in [-0.15, -0.1) is 0 Å². The van der Waals surface area contributed by atoms with Crippen LogP contribution in [-0.4, -0.2) is 0 Å². The van der Waals surface area contributed by atoms with Gasteiger partial charge in [0, 0.05) is 5.69 Å². The first-order valence-corrected chi connectivity index (χ1v) is 11.1. The first kappa shape index (κ1) is 20.0. The second-order valence-electron chi connectivity index (χ2n) is 8.61. The molecule has 27 heavy (non-hydrogen) atoms.